The minimum atomic E-state index is 0.407. The summed E-state index contributed by atoms with van der Waals surface area (Å²) in [5.41, 5.74) is 3.84. The zero-order valence-corrected chi connectivity index (χ0v) is 14.3. The molecule has 1 atom stereocenters. The van der Waals surface area contributed by atoms with Crippen LogP contribution in [0.5, 0.6) is 0 Å². The highest BCUT2D eigenvalue weighted by Crippen LogP contribution is 2.25. The lowest BCUT2D eigenvalue weighted by molar-refractivity contribution is 0.0218. The molecular weight excluding hydrogens is 276 g/mol. The molecule has 1 saturated heterocycles. The lowest BCUT2D eigenvalue weighted by Crippen LogP contribution is -2.47. The van der Waals surface area contributed by atoms with E-state index in [0.717, 1.165) is 55.5 Å². The molecule has 0 saturated carbocycles. The van der Waals surface area contributed by atoms with Crippen LogP contribution in [-0.4, -0.2) is 55.8 Å². The van der Waals surface area contributed by atoms with E-state index in [9.17, 15) is 5.26 Å². The zero-order valence-electron chi connectivity index (χ0n) is 14.3. The van der Waals surface area contributed by atoms with E-state index in [1.807, 2.05) is 27.8 Å². The monoisotopic (exact) mass is 302 g/mol. The Kier molecular flexibility index (Phi) is 5.38. The van der Waals surface area contributed by atoms with Crippen molar-refractivity contribution in [3.63, 3.8) is 0 Å². The van der Waals surface area contributed by atoms with E-state index in [1.54, 1.807) is 0 Å². The minimum Gasteiger partial charge on any atom is -0.379 e. The molecule has 5 nitrogen and oxygen atoms in total. The van der Waals surface area contributed by atoms with Gasteiger partial charge in [0.1, 0.15) is 11.9 Å². The van der Waals surface area contributed by atoms with Crippen molar-refractivity contribution in [3.8, 4) is 6.07 Å². The van der Waals surface area contributed by atoms with Crippen LogP contribution in [-0.2, 0) is 4.74 Å². The van der Waals surface area contributed by atoms with Gasteiger partial charge in [0.2, 0.25) is 0 Å². The van der Waals surface area contributed by atoms with Gasteiger partial charge >= 0.3 is 0 Å². The number of nitrogens with zero attached hydrogens (tertiary/aromatic N) is 4. The van der Waals surface area contributed by atoms with Crippen molar-refractivity contribution in [2.45, 2.75) is 33.7 Å². The number of pyridine rings is 1. The Morgan fingerprint density at radius 1 is 1.27 bits per heavy atom. The number of aromatic nitrogens is 1. The summed E-state index contributed by atoms with van der Waals surface area (Å²) in [5.74, 6) is 0.795. The van der Waals surface area contributed by atoms with Gasteiger partial charge in [0.05, 0.1) is 18.8 Å². The lowest BCUT2D eigenvalue weighted by Gasteiger charge is -2.35. The average molecular weight is 302 g/mol. The smallest absolute Gasteiger partial charge is 0.146 e. The second kappa shape index (κ2) is 7.08. The maximum atomic E-state index is 9.50. The van der Waals surface area contributed by atoms with Crippen LogP contribution in [0.1, 0.15) is 29.3 Å². The molecular formula is C17H26N4O. The van der Waals surface area contributed by atoms with Crippen LogP contribution in [0.2, 0.25) is 0 Å². The van der Waals surface area contributed by atoms with Crippen molar-refractivity contribution in [1.29, 1.82) is 5.26 Å². The number of hydrogen-bond donors (Lipinski definition) is 0. The summed E-state index contributed by atoms with van der Waals surface area (Å²) in [6.45, 7) is 12.7. The molecule has 0 spiro atoms. The van der Waals surface area contributed by atoms with E-state index in [1.165, 1.54) is 0 Å². The zero-order chi connectivity index (χ0) is 16.3. The molecule has 0 aliphatic carbocycles. The molecule has 1 aromatic rings. The van der Waals surface area contributed by atoms with Gasteiger partial charge < -0.3 is 9.64 Å². The molecule has 22 heavy (non-hydrogen) atoms. The highest BCUT2D eigenvalue weighted by atomic mass is 16.5. The fourth-order valence-electron chi connectivity index (χ4n) is 2.95. The quantitative estimate of drug-likeness (QED) is 0.852. The highest BCUT2D eigenvalue weighted by Gasteiger charge is 2.21. The normalized spacial score (nSPS) is 17.1. The first-order valence-corrected chi connectivity index (χ1v) is 7.86. The number of anilines is 1. The number of hydrogen-bond acceptors (Lipinski definition) is 5. The third-order valence-electron chi connectivity index (χ3n) is 4.66. The molecule has 1 aliphatic heterocycles. The van der Waals surface area contributed by atoms with Gasteiger partial charge in [0.15, 0.2) is 0 Å². The van der Waals surface area contributed by atoms with Crippen LogP contribution in [0.4, 0.5) is 5.82 Å². The maximum absolute atomic E-state index is 9.50. The molecule has 0 N–H and O–H groups in total. The van der Waals surface area contributed by atoms with Gasteiger partial charge in [-0.2, -0.15) is 5.26 Å². The summed E-state index contributed by atoms with van der Waals surface area (Å²) in [6.07, 6.45) is 0. The average Bonchev–Trinajstić information content (AvgIpc) is 2.53. The van der Waals surface area contributed by atoms with Gasteiger partial charge in [-0.1, -0.05) is 0 Å². The van der Waals surface area contributed by atoms with Crippen LogP contribution in [0.25, 0.3) is 0 Å². The second-order valence-corrected chi connectivity index (χ2v) is 6.14. The number of aryl methyl sites for hydroxylation is 1. The van der Waals surface area contributed by atoms with Gasteiger partial charge in [-0.05, 0) is 38.8 Å². The molecule has 120 valence electrons. The Hall–Kier alpha value is -1.64. The Morgan fingerprint density at radius 3 is 2.50 bits per heavy atom. The number of nitriles is 1. The van der Waals surface area contributed by atoms with Crippen molar-refractivity contribution in [1.82, 2.24) is 9.88 Å². The van der Waals surface area contributed by atoms with E-state index in [2.05, 4.69) is 27.8 Å². The van der Waals surface area contributed by atoms with Gasteiger partial charge in [0, 0.05) is 38.4 Å². The Labute approximate surface area is 133 Å². The summed E-state index contributed by atoms with van der Waals surface area (Å²) in [7, 11) is 2.02. The number of rotatable bonds is 4. The summed E-state index contributed by atoms with van der Waals surface area (Å²) >= 11 is 0. The highest BCUT2D eigenvalue weighted by molar-refractivity contribution is 5.60. The first-order chi connectivity index (χ1) is 10.5. The first-order valence-electron chi connectivity index (χ1n) is 7.86. The van der Waals surface area contributed by atoms with E-state index in [0.29, 0.717) is 11.6 Å². The Morgan fingerprint density at radius 2 is 1.91 bits per heavy atom. The van der Waals surface area contributed by atoms with Crippen molar-refractivity contribution in [2.75, 3.05) is 44.8 Å². The van der Waals surface area contributed by atoms with Gasteiger partial charge in [-0.25, -0.2) is 4.98 Å². The molecule has 2 rings (SSSR count). The lowest BCUT2D eigenvalue weighted by atomic mass is 10.0. The SMILES string of the molecule is Cc1nc(N(C)CC(C)N2CCOCC2)c(C#N)c(C)c1C. The summed E-state index contributed by atoms with van der Waals surface area (Å²) < 4.78 is 5.41. The molecule has 1 aromatic heterocycles. The molecule has 1 aliphatic rings. The second-order valence-electron chi connectivity index (χ2n) is 6.14. The largest absolute Gasteiger partial charge is 0.379 e. The van der Waals surface area contributed by atoms with Crippen LogP contribution < -0.4 is 4.90 Å². The summed E-state index contributed by atoms with van der Waals surface area (Å²) in [5, 5.41) is 9.50. The van der Waals surface area contributed by atoms with Crippen LogP contribution in [0.15, 0.2) is 0 Å². The van der Waals surface area contributed by atoms with E-state index < -0.39 is 0 Å². The fraction of sp³-hybridized carbons (Fsp3) is 0.647. The van der Waals surface area contributed by atoms with Crippen molar-refractivity contribution in [3.05, 3.63) is 22.4 Å². The van der Waals surface area contributed by atoms with E-state index in [4.69, 9.17) is 4.74 Å². The molecule has 0 amide bonds. The van der Waals surface area contributed by atoms with Gasteiger partial charge in [-0.3, -0.25) is 4.90 Å². The molecule has 5 heteroatoms. The van der Waals surface area contributed by atoms with E-state index in [-0.39, 0.29) is 0 Å². The van der Waals surface area contributed by atoms with Crippen LogP contribution in [0.3, 0.4) is 0 Å². The number of morpholine rings is 1. The molecule has 0 bridgehead atoms. The molecule has 1 unspecified atom stereocenters. The predicted molar refractivity (Wildman–Crippen MR) is 88.3 cm³/mol. The Balaban J connectivity index is 2.18. The van der Waals surface area contributed by atoms with Crippen molar-refractivity contribution >= 4 is 5.82 Å². The third-order valence-corrected chi connectivity index (χ3v) is 4.66. The standard InChI is InChI=1S/C17H26N4O/c1-12(21-6-8-22-9-7-21)11-20(5)17-16(10-18)14(3)13(2)15(4)19-17/h12H,6-9,11H2,1-5H3. The third kappa shape index (κ3) is 3.40. The van der Waals surface area contributed by atoms with Crippen LogP contribution in [0, 0.1) is 32.1 Å². The van der Waals surface area contributed by atoms with Gasteiger partial charge in [-0.15, -0.1) is 0 Å². The summed E-state index contributed by atoms with van der Waals surface area (Å²) in [4.78, 5) is 9.20. The Bertz CT molecular complexity index is 573. The number of likely N-dealkylation sites (N-methyl/N-ethyl adjacent to an activating group) is 1. The molecule has 0 aromatic carbocycles. The van der Waals surface area contributed by atoms with Crippen molar-refractivity contribution < 1.29 is 4.74 Å². The first kappa shape index (κ1) is 16.7. The number of ether oxygens (including phenoxy) is 1. The van der Waals surface area contributed by atoms with Crippen LogP contribution >= 0.6 is 0 Å². The molecule has 2 heterocycles. The fourth-order valence-corrected chi connectivity index (χ4v) is 2.95. The van der Waals surface area contributed by atoms with Crippen molar-refractivity contribution in [2.24, 2.45) is 0 Å². The topological polar surface area (TPSA) is 52.4 Å². The van der Waals surface area contributed by atoms with E-state index >= 15 is 0 Å². The van der Waals surface area contributed by atoms with Gasteiger partial charge in [0.25, 0.3) is 0 Å². The maximum Gasteiger partial charge on any atom is 0.146 e. The predicted octanol–water partition coefficient (Wildman–Crippen LogP) is 2.04. The summed E-state index contributed by atoms with van der Waals surface area (Å²) in [6, 6.07) is 2.73. The minimum absolute atomic E-state index is 0.407. The molecule has 0 radical (unpaired) electrons. The molecule has 1 fully saturated rings.